The van der Waals surface area contributed by atoms with E-state index in [-0.39, 0.29) is 67.1 Å². The van der Waals surface area contributed by atoms with E-state index in [0.717, 1.165) is 86.6 Å². The van der Waals surface area contributed by atoms with Crippen molar-refractivity contribution >= 4 is 50.8 Å². The summed E-state index contributed by atoms with van der Waals surface area (Å²) in [6.45, 7) is 14.1. The predicted molar refractivity (Wildman–Crippen MR) is 460 cm³/mol. The summed E-state index contributed by atoms with van der Waals surface area (Å²) in [6, 6.07) is 43.1. The van der Waals surface area contributed by atoms with E-state index in [1.54, 1.807) is 60.7 Å². The van der Waals surface area contributed by atoms with E-state index in [9.17, 15) is 43.2 Å². The van der Waals surface area contributed by atoms with Crippen LogP contribution in [-0.4, -0.2) is 209 Å². The molecule has 7 aromatic carbocycles. The molecule has 3 saturated heterocycles. The minimum absolute atomic E-state index is 0. The van der Waals surface area contributed by atoms with E-state index >= 15 is 8.78 Å². The molecule has 7 aliphatic heterocycles. The van der Waals surface area contributed by atoms with Gasteiger partial charge in [0.05, 0.1) is 37.1 Å². The number of halogens is 3. The molecule has 15 rings (SSSR count). The molecule has 11 atom stereocenters. The molecule has 8 heterocycles. The summed E-state index contributed by atoms with van der Waals surface area (Å²) in [5, 5.41) is 52.2. The largest absolute Gasteiger partial charge is 0.486 e. The Kier molecular flexibility index (Phi) is 36.9. The van der Waals surface area contributed by atoms with Crippen molar-refractivity contribution in [2.24, 2.45) is 5.73 Å². The molecule has 1 aromatic heterocycles. The van der Waals surface area contributed by atoms with Gasteiger partial charge >= 0.3 is 18.1 Å². The van der Waals surface area contributed by atoms with Crippen LogP contribution in [0.1, 0.15) is 153 Å². The quantitative estimate of drug-likeness (QED) is 0.0233. The molecule has 32 heteroatoms. The zero-order chi connectivity index (χ0) is 83.5. The van der Waals surface area contributed by atoms with E-state index in [1.807, 2.05) is 79.7 Å². The van der Waals surface area contributed by atoms with E-state index in [1.165, 1.54) is 31.0 Å². The first-order valence-corrected chi connectivity index (χ1v) is 41.9. The molecule has 0 unspecified atom stereocenters. The summed E-state index contributed by atoms with van der Waals surface area (Å²) in [7, 11) is -3.79. The van der Waals surface area contributed by atoms with Crippen LogP contribution in [0.4, 0.5) is 18.4 Å². The lowest BCUT2D eigenvalue weighted by Crippen LogP contribution is -2.51. The number of carbonyl (C=O) groups excluding carboxylic acids is 3. The molecule has 0 radical (unpaired) electrons. The second kappa shape index (κ2) is 46.1. The minimum atomic E-state index is -3.97. The van der Waals surface area contributed by atoms with Crippen LogP contribution >= 0.6 is 11.6 Å². The highest BCUT2D eigenvalue weighted by Crippen LogP contribution is 2.40. The average molecular weight is 1740 g/mol. The topological polar surface area (TPSA) is 353 Å². The standard InChI is InChI=1S/C26H27ClF2N2O5.C24H30N2O5.C20H23NO8S.C16H24N2O3.4CH4/c1-15-3-2-8-31(15)14-19(24(32)16-4-6-21-22(12-16)35-10-9-34-21)30-25(33)26(28,29)23-13-17-11-18(27)5-7-20(17)36-23;1-17-6-5-11-26(17)15-20(25-24(28)31-16-18-7-3-2-4-8-18)23(27)19-9-10-21-22(14-19)30-13-12-29-21;1-30(24,25)29-13-16(21-20(23)28-12-14-5-3-2-4-6-14)19(22)15-7-8-17-18(11-15)27-10-9-26-17;1-11-3-2-6-18(11)10-13(17)16(19)12-4-5-14-15(9-12)21-8-7-20-14;;;;/h4-7,11-13,15,19,24,32H,2-3,8-10,14H2,1H3,(H,30,33);2-4,7-10,14,17,20,23,27H,5-6,11-13,15-16H2,1H3,(H,25,28);2-8,11,16,19,22H,9-10,12-13H2,1H3,(H,21,23);4-5,9,11,13,16,19H,2-3,6-8,10,17H2,1H3;4*1H4/t15-,19-,24-;17-,20-,23-;16-,19-;11-,13-,16-;;;;/m1111..../s1. The Bertz CT molecular complexity index is 4760. The zero-order valence-corrected chi connectivity index (χ0v) is 67.9. The van der Waals surface area contributed by atoms with Gasteiger partial charge in [0.25, 0.3) is 16.0 Å². The maximum Gasteiger partial charge on any atom is 0.407 e. The minimum Gasteiger partial charge on any atom is -0.486 e. The fraction of sp³-hybridized carbons (Fsp3) is 0.478. The van der Waals surface area contributed by atoms with Crippen molar-refractivity contribution in [3.05, 3.63) is 202 Å². The smallest absolute Gasteiger partial charge is 0.407 e. The summed E-state index contributed by atoms with van der Waals surface area (Å²) in [6.07, 6.45) is 1.96. The number of aliphatic hydroxyl groups excluding tert-OH is 4. The molecule has 3 amide bonds. The maximum absolute atomic E-state index is 15.3. The van der Waals surface area contributed by atoms with Gasteiger partial charge in [-0.05, 0) is 185 Å². The zero-order valence-electron chi connectivity index (χ0n) is 66.3. The second-order valence-electron chi connectivity index (χ2n) is 30.1. The van der Waals surface area contributed by atoms with Crippen molar-refractivity contribution in [1.29, 1.82) is 0 Å². The number of hydrogen-bond acceptors (Lipinski definition) is 25. The van der Waals surface area contributed by atoms with E-state index < -0.39 is 89.0 Å². The van der Waals surface area contributed by atoms with Crippen LogP contribution in [0.15, 0.2) is 162 Å². The molecule has 0 saturated carbocycles. The van der Waals surface area contributed by atoms with E-state index in [4.69, 9.17) is 73.3 Å². The van der Waals surface area contributed by atoms with Crippen LogP contribution in [-0.2, 0) is 47.7 Å². The highest BCUT2D eigenvalue weighted by atomic mass is 35.5. The molecule has 0 bridgehead atoms. The maximum atomic E-state index is 15.3. The van der Waals surface area contributed by atoms with Crippen molar-refractivity contribution in [3.8, 4) is 46.0 Å². The molecule has 668 valence electrons. The summed E-state index contributed by atoms with van der Waals surface area (Å²) in [5.74, 6) is -1.61. The molecule has 28 nitrogen and oxygen atoms in total. The van der Waals surface area contributed by atoms with Gasteiger partial charge in [0.1, 0.15) is 90.0 Å². The fourth-order valence-electron chi connectivity index (χ4n) is 14.8. The number of amides is 3. The SMILES string of the molecule is C.C.C.C.CS(=O)(=O)OC[C@@H](NC(=O)OCc1ccccc1)[C@H](O)c1ccc2c(c1)OCCO2.C[C@@H]1CCCN1C[C@@H](N)[C@H](O)c1ccc2c(c1)OCCO2.C[C@@H]1CCCN1C[C@@H](NC(=O)C(F)(F)c1cc2cc(Cl)ccc2o1)[C@H](O)c1ccc2c(c1)OCCO2.C[C@@H]1CCCN1C[C@@H](NC(=O)OCc1ccccc1)[C@H](O)c1ccc2c(c1)OCCO2. The Balaban J connectivity index is 0.000000203. The number of ether oxygens (including phenoxy) is 10. The van der Waals surface area contributed by atoms with E-state index in [2.05, 4.69) is 44.5 Å². The number of nitrogens with one attached hydrogen (secondary N) is 3. The predicted octanol–water partition coefficient (Wildman–Crippen LogP) is 13.5. The van der Waals surface area contributed by atoms with Crippen LogP contribution in [0.2, 0.25) is 5.02 Å². The molecular formula is C90H120ClF2N7O21S. The van der Waals surface area contributed by atoms with Crippen LogP contribution < -0.4 is 59.6 Å². The summed E-state index contributed by atoms with van der Waals surface area (Å²) < 4.78 is 118. The summed E-state index contributed by atoms with van der Waals surface area (Å²) in [5.41, 5.74) is 10.4. The lowest BCUT2D eigenvalue weighted by Gasteiger charge is -2.32. The monoisotopic (exact) mass is 1740 g/mol. The molecule has 0 spiro atoms. The molecule has 3 fully saturated rings. The average Bonchev–Trinajstić information content (AvgIpc) is 1.63. The van der Waals surface area contributed by atoms with Crippen LogP contribution in [0.25, 0.3) is 11.0 Å². The summed E-state index contributed by atoms with van der Waals surface area (Å²) >= 11 is 5.95. The molecular weight excluding hydrogens is 1620 g/mol. The van der Waals surface area contributed by atoms with Crippen molar-refractivity contribution in [3.63, 3.8) is 0 Å². The third-order valence-electron chi connectivity index (χ3n) is 21.4. The Morgan fingerprint density at radius 2 is 0.836 bits per heavy atom. The number of carbonyl (C=O) groups is 3. The number of likely N-dealkylation sites (tertiary alicyclic amines) is 3. The Morgan fingerprint density at radius 3 is 1.21 bits per heavy atom. The van der Waals surface area contributed by atoms with Gasteiger partial charge in [-0.3, -0.25) is 23.7 Å². The number of alkyl halides is 2. The number of aliphatic hydroxyl groups is 4. The van der Waals surface area contributed by atoms with Crippen molar-refractivity contribution in [2.45, 2.75) is 175 Å². The van der Waals surface area contributed by atoms with Crippen molar-refractivity contribution in [2.75, 3.05) is 105 Å². The second-order valence-corrected chi connectivity index (χ2v) is 32.2. The number of hydrogen-bond donors (Lipinski definition) is 8. The Hall–Kier alpha value is -9.77. The van der Waals surface area contributed by atoms with Gasteiger partial charge < -0.3 is 93.9 Å². The van der Waals surface area contributed by atoms with Gasteiger partial charge in [-0.1, -0.05) is 126 Å². The molecule has 9 N–H and O–H groups in total. The van der Waals surface area contributed by atoms with E-state index in [0.29, 0.717) is 139 Å². The highest BCUT2D eigenvalue weighted by Gasteiger charge is 2.47. The lowest BCUT2D eigenvalue weighted by atomic mass is 10.00. The lowest BCUT2D eigenvalue weighted by molar-refractivity contribution is -0.151. The number of alkyl carbamates (subject to hydrolysis) is 2. The molecule has 8 aromatic rings. The van der Waals surface area contributed by atoms with Gasteiger partial charge in [0, 0.05) is 54.2 Å². The van der Waals surface area contributed by atoms with Gasteiger partial charge in [-0.25, -0.2) is 9.59 Å². The number of furan rings is 1. The normalized spacial score (nSPS) is 19.0. The van der Waals surface area contributed by atoms with Crippen molar-refractivity contribution in [1.82, 2.24) is 30.7 Å². The highest BCUT2D eigenvalue weighted by molar-refractivity contribution is 7.86. The number of nitrogens with zero attached hydrogens (tertiary/aromatic N) is 3. The van der Waals surface area contributed by atoms with Gasteiger partial charge in [0.15, 0.2) is 51.8 Å². The van der Waals surface area contributed by atoms with Crippen LogP contribution in [0, 0.1) is 0 Å². The number of fused-ring (bicyclic) bond motifs is 5. The third-order valence-corrected chi connectivity index (χ3v) is 22.2. The van der Waals surface area contributed by atoms with Gasteiger partial charge in [0.2, 0.25) is 0 Å². The number of nitrogens with two attached hydrogens (primary N) is 1. The Labute approximate surface area is 719 Å². The Morgan fingerprint density at radius 1 is 0.484 bits per heavy atom. The van der Waals surface area contributed by atoms with Crippen molar-refractivity contribution < 1.29 is 108 Å². The van der Waals surface area contributed by atoms with Crippen LogP contribution in [0.3, 0.4) is 0 Å². The molecule has 7 aliphatic rings. The van der Waals surface area contributed by atoms with Crippen LogP contribution in [0.5, 0.6) is 46.0 Å². The van der Waals surface area contributed by atoms with Gasteiger partial charge in [-0.2, -0.15) is 17.2 Å². The molecule has 0 aliphatic carbocycles. The number of rotatable bonds is 26. The number of benzene rings is 7. The molecule has 122 heavy (non-hydrogen) atoms. The fourth-order valence-corrected chi connectivity index (χ4v) is 15.4. The first-order valence-electron chi connectivity index (χ1n) is 39.7. The third kappa shape index (κ3) is 26.9. The first kappa shape index (κ1) is 97.7. The first-order chi connectivity index (χ1) is 56.8. The summed E-state index contributed by atoms with van der Waals surface area (Å²) in [4.78, 5) is 44.4. The van der Waals surface area contributed by atoms with Gasteiger partial charge in [-0.15, -0.1) is 0 Å².